The maximum absolute atomic E-state index is 6.23. The standard InChI is InChI=1S/C18H20ClNO/c19-17-10-15-6-7-21-18(15)16(11-17)9-14(12-20)8-13-4-2-1-3-5-13/h1-5,10-11,14H,6-9,12,20H2. The first-order valence-corrected chi connectivity index (χ1v) is 7.82. The molecule has 3 heteroatoms. The van der Waals surface area contributed by atoms with Crippen molar-refractivity contribution in [2.45, 2.75) is 19.3 Å². The first kappa shape index (κ1) is 14.4. The molecule has 1 aliphatic rings. The highest BCUT2D eigenvalue weighted by atomic mass is 35.5. The summed E-state index contributed by atoms with van der Waals surface area (Å²) in [6.45, 7) is 1.42. The van der Waals surface area contributed by atoms with Crippen molar-refractivity contribution >= 4 is 11.6 Å². The first-order chi connectivity index (χ1) is 10.3. The van der Waals surface area contributed by atoms with E-state index >= 15 is 0 Å². The normalized spacial score (nSPS) is 14.6. The van der Waals surface area contributed by atoms with Gasteiger partial charge in [-0.2, -0.15) is 0 Å². The number of benzene rings is 2. The van der Waals surface area contributed by atoms with E-state index < -0.39 is 0 Å². The van der Waals surface area contributed by atoms with Crippen LogP contribution in [0.5, 0.6) is 5.75 Å². The maximum Gasteiger partial charge on any atom is 0.125 e. The Morgan fingerprint density at radius 1 is 1.14 bits per heavy atom. The lowest BCUT2D eigenvalue weighted by molar-refractivity contribution is 0.351. The summed E-state index contributed by atoms with van der Waals surface area (Å²) in [5.41, 5.74) is 9.73. The van der Waals surface area contributed by atoms with Gasteiger partial charge in [0.15, 0.2) is 0 Å². The molecular weight excluding hydrogens is 282 g/mol. The van der Waals surface area contributed by atoms with Crippen molar-refractivity contribution in [2.24, 2.45) is 11.7 Å². The Kier molecular flexibility index (Phi) is 4.47. The van der Waals surface area contributed by atoms with Gasteiger partial charge in [0.2, 0.25) is 0 Å². The SMILES string of the molecule is NCC(Cc1ccccc1)Cc1cc(Cl)cc2c1OCC2. The number of nitrogens with two attached hydrogens (primary N) is 1. The zero-order valence-corrected chi connectivity index (χ0v) is 12.8. The Morgan fingerprint density at radius 3 is 2.71 bits per heavy atom. The molecule has 110 valence electrons. The lowest BCUT2D eigenvalue weighted by Gasteiger charge is -2.17. The lowest BCUT2D eigenvalue weighted by atomic mass is 9.91. The average Bonchev–Trinajstić information content (AvgIpc) is 2.96. The van der Waals surface area contributed by atoms with Crippen LogP contribution in [0.15, 0.2) is 42.5 Å². The predicted octanol–water partition coefficient (Wildman–Crippen LogP) is 3.64. The van der Waals surface area contributed by atoms with Gasteiger partial charge in [-0.25, -0.2) is 0 Å². The molecule has 2 aromatic rings. The minimum absolute atomic E-state index is 0.402. The van der Waals surface area contributed by atoms with Gasteiger partial charge in [-0.3, -0.25) is 0 Å². The van der Waals surface area contributed by atoms with Crippen LogP contribution in [0.2, 0.25) is 5.02 Å². The number of ether oxygens (including phenoxy) is 1. The van der Waals surface area contributed by atoms with Crippen molar-refractivity contribution in [3.63, 3.8) is 0 Å². The number of hydrogen-bond acceptors (Lipinski definition) is 2. The molecule has 1 aliphatic heterocycles. The van der Waals surface area contributed by atoms with E-state index in [4.69, 9.17) is 22.1 Å². The minimum atomic E-state index is 0.402. The van der Waals surface area contributed by atoms with Crippen molar-refractivity contribution in [1.82, 2.24) is 0 Å². The van der Waals surface area contributed by atoms with Gasteiger partial charge < -0.3 is 10.5 Å². The Morgan fingerprint density at radius 2 is 1.95 bits per heavy atom. The third-order valence-electron chi connectivity index (χ3n) is 4.03. The van der Waals surface area contributed by atoms with E-state index in [1.54, 1.807) is 0 Å². The van der Waals surface area contributed by atoms with Gasteiger partial charge in [-0.1, -0.05) is 41.9 Å². The average molecular weight is 302 g/mol. The fraction of sp³-hybridized carbons (Fsp3) is 0.333. The second-order valence-electron chi connectivity index (χ2n) is 5.65. The molecule has 1 atom stereocenters. The molecule has 0 amide bonds. The largest absolute Gasteiger partial charge is 0.493 e. The van der Waals surface area contributed by atoms with E-state index in [-0.39, 0.29) is 0 Å². The van der Waals surface area contributed by atoms with E-state index in [0.717, 1.165) is 36.6 Å². The van der Waals surface area contributed by atoms with Crippen molar-refractivity contribution in [3.8, 4) is 5.75 Å². The Balaban J connectivity index is 1.78. The van der Waals surface area contributed by atoms with E-state index in [1.807, 2.05) is 18.2 Å². The molecule has 3 rings (SSSR count). The lowest BCUT2D eigenvalue weighted by Crippen LogP contribution is -2.19. The van der Waals surface area contributed by atoms with E-state index in [0.29, 0.717) is 12.5 Å². The van der Waals surface area contributed by atoms with Gasteiger partial charge in [0, 0.05) is 11.4 Å². The summed E-state index contributed by atoms with van der Waals surface area (Å²) < 4.78 is 5.78. The van der Waals surface area contributed by atoms with Gasteiger partial charge in [-0.15, -0.1) is 0 Å². The Labute approximate surface area is 130 Å². The van der Waals surface area contributed by atoms with E-state index in [9.17, 15) is 0 Å². The summed E-state index contributed by atoms with van der Waals surface area (Å²) in [5.74, 6) is 1.44. The molecule has 1 heterocycles. The van der Waals surface area contributed by atoms with Crippen LogP contribution in [0.4, 0.5) is 0 Å². The van der Waals surface area contributed by atoms with Crippen LogP contribution < -0.4 is 10.5 Å². The molecule has 2 nitrogen and oxygen atoms in total. The molecule has 0 radical (unpaired) electrons. The van der Waals surface area contributed by atoms with Crippen molar-refractivity contribution in [1.29, 1.82) is 0 Å². The third kappa shape index (κ3) is 3.39. The molecule has 0 aromatic heterocycles. The van der Waals surface area contributed by atoms with Gasteiger partial charge in [0.05, 0.1) is 6.61 Å². The highest BCUT2D eigenvalue weighted by molar-refractivity contribution is 6.30. The maximum atomic E-state index is 6.23. The smallest absolute Gasteiger partial charge is 0.125 e. The molecule has 21 heavy (non-hydrogen) atoms. The zero-order chi connectivity index (χ0) is 14.7. The minimum Gasteiger partial charge on any atom is -0.493 e. The van der Waals surface area contributed by atoms with Gasteiger partial charge in [0.25, 0.3) is 0 Å². The quantitative estimate of drug-likeness (QED) is 0.915. The van der Waals surface area contributed by atoms with Crippen LogP contribution in [0.3, 0.4) is 0 Å². The fourth-order valence-electron chi connectivity index (χ4n) is 2.99. The summed E-state index contributed by atoms with van der Waals surface area (Å²) in [6, 6.07) is 14.5. The molecule has 0 fully saturated rings. The van der Waals surface area contributed by atoms with Crippen LogP contribution in [0.25, 0.3) is 0 Å². The molecule has 2 aromatic carbocycles. The second-order valence-corrected chi connectivity index (χ2v) is 6.08. The van der Waals surface area contributed by atoms with Crippen LogP contribution in [-0.4, -0.2) is 13.2 Å². The molecule has 0 aliphatic carbocycles. The number of halogens is 1. The highest BCUT2D eigenvalue weighted by Crippen LogP contribution is 2.34. The molecule has 0 spiro atoms. The zero-order valence-electron chi connectivity index (χ0n) is 12.0. The topological polar surface area (TPSA) is 35.2 Å². The van der Waals surface area contributed by atoms with Crippen LogP contribution in [0.1, 0.15) is 16.7 Å². The molecule has 0 saturated carbocycles. The molecular formula is C18H20ClNO. The number of hydrogen-bond donors (Lipinski definition) is 1. The fourth-order valence-corrected chi connectivity index (χ4v) is 3.26. The number of rotatable bonds is 5. The summed E-state index contributed by atoms with van der Waals surface area (Å²) in [7, 11) is 0. The van der Waals surface area contributed by atoms with Gasteiger partial charge in [0.1, 0.15) is 5.75 Å². The van der Waals surface area contributed by atoms with E-state index in [1.165, 1.54) is 16.7 Å². The van der Waals surface area contributed by atoms with Crippen LogP contribution >= 0.6 is 11.6 Å². The number of fused-ring (bicyclic) bond motifs is 1. The summed E-state index contributed by atoms with van der Waals surface area (Å²) >= 11 is 6.23. The molecule has 0 bridgehead atoms. The Bertz CT molecular complexity index is 612. The second kappa shape index (κ2) is 6.50. The molecule has 2 N–H and O–H groups in total. The van der Waals surface area contributed by atoms with Gasteiger partial charge >= 0.3 is 0 Å². The monoisotopic (exact) mass is 301 g/mol. The third-order valence-corrected chi connectivity index (χ3v) is 4.25. The molecule has 1 unspecified atom stereocenters. The van der Waals surface area contributed by atoms with Crippen LogP contribution in [-0.2, 0) is 19.3 Å². The first-order valence-electron chi connectivity index (χ1n) is 7.44. The Hall–Kier alpha value is -1.51. The van der Waals surface area contributed by atoms with Crippen molar-refractivity contribution in [2.75, 3.05) is 13.2 Å². The summed E-state index contributed by atoms with van der Waals surface area (Å²) in [4.78, 5) is 0. The van der Waals surface area contributed by atoms with Crippen LogP contribution in [0, 0.1) is 5.92 Å². The summed E-state index contributed by atoms with van der Waals surface area (Å²) in [5, 5.41) is 0.796. The molecule has 0 saturated heterocycles. The predicted molar refractivity (Wildman–Crippen MR) is 87.0 cm³/mol. The summed E-state index contributed by atoms with van der Waals surface area (Å²) in [6.07, 6.45) is 2.85. The van der Waals surface area contributed by atoms with Gasteiger partial charge in [-0.05, 0) is 54.1 Å². The van der Waals surface area contributed by atoms with E-state index in [2.05, 4.69) is 24.3 Å². The van der Waals surface area contributed by atoms with Crippen molar-refractivity contribution in [3.05, 3.63) is 64.2 Å². The highest BCUT2D eigenvalue weighted by Gasteiger charge is 2.20. The van der Waals surface area contributed by atoms with Crippen molar-refractivity contribution < 1.29 is 4.74 Å².